The molecule has 2 saturated heterocycles. The van der Waals surface area contributed by atoms with Crippen LogP contribution in [0.4, 0.5) is 10.1 Å². The number of carbonyl (C=O) groups excluding carboxylic acids is 2. The fraction of sp³-hybridized carbons (Fsp3) is 0.222. The fourth-order valence-electron chi connectivity index (χ4n) is 6.36. The Morgan fingerprint density at radius 3 is 2.54 bits per heavy atom. The van der Waals surface area contributed by atoms with Crippen LogP contribution in [0.5, 0.6) is 0 Å². The molecule has 4 atom stereocenters. The second-order valence-electron chi connectivity index (χ2n) is 9.22. The van der Waals surface area contributed by atoms with Crippen molar-refractivity contribution in [2.45, 2.75) is 23.0 Å². The molecule has 0 saturated carbocycles. The quantitative estimate of drug-likeness (QED) is 0.558. The lowest BCUT2D eigenvalue weighted by molar-refractivity contribution is -0.147. The number of hydrogen-bond donors (Lipinski definition) is 1. The van der Waals surface area contributed by atoms with Crippen molar-refractivity contribution in [3.05, 3.63) is 101 Å². The highest BCUT2D eigenvalue weighted by molar-refractivity contribution is 7.99. The van der Waals surface area contributed by atoms with Crippen LogP contribution in [-0.4, -0.2) is 45.9 Å². The lowest BCUT2D eigenvalue weighted by atomic mass is 9.67. The number of fused-ring (bicyclic) bond motifs is 5. The summed E-state index contributed by atoms with van der Waals surface area (Å²) in [6.45, 7) is 0. The largest absolute Gasteiger partial charge is 0.405 e. The van der Waals surface area contributed by atoms with Crippen molar-refractivity contribution in [3.63, 3.8) is 0 Å². The summed E-state index contributed by atoms with van der Waals surface area (Å²) in [5.74, 6) is -0.237. The van der Waals surface area contributed by atoms with Crippen LogP contribution in [0.1, 0.15) is 22.6 Å². The number of hydrogen-bond acceptors (Lipinski definition) is 6. The van der Waals surface area contributed by atoms with Crippen molar-refractivity contribution < 1.29 is 18.7 Å². The third-order valence-corrected chi connectivity index (χ3v) is 8.70. The highest BCUT2D eigenvalue weighted by Gasteiger charge is 2.81. The summed E-state index contributed by atoms with van der Waals surface area (Å²) in [4.78, 5) is 35.4. The summed E-state index contributed by atoms with van der Waals surface area (Å²) in [6.07, 6.45) is 0. The van der Waals surface area contributed by atoms with Gasteiger partial charge in [-0.1, -0.05) is 48.5 Å². The predicted molar refractivity (Wildman–Crippen MR) is 131 cm³/mol. The molecule has 4 heterocycles. The van der Waals surface area contributed by atoms with Crippen molar-refractivity contribution in [1.82, 2.24) is 4.90 Å². The zero-order valence-electron chi connectivity index (χ0n) is 18.5. The molecular weight excluding hydrogens is 465 g/mol. The average Bonchev–Trinajstić information content (AvgIpc) is 3.60. The number of aliphatic imine (C=N–C) groups is 1. The van der Waals surface area contributed by atoms with E-state index in [0.29, 0.717) is 22.9 Å². The van der Waals surface area contributed by atoms with Crippen molar-refractivity contribution in [3.8, 4) is 0 Å². The van der Waals surface area contributed by atoms with Gasteiger partial charge in [0.25, 0.3) is 5.91 Å². The molecule has 4 aliphatic rings. The first-order valence-electron chi connectivity index (χ1n) is 11.5. The Hall–Kier alpha value is -3.49. The van der Waals surface area contributed by atoms with Crippen LogP contribution in [0.15, 0.2) is 83.9 Å². The minimum atomic E-state index is -1.57. The molecule has 7 rings (SSSR count). The SMILES string of the molecule is O=C1OC(c2ccccc2)=N[C@@]12[C@H](c1ccc(F)cc1)C1CSCN1[C@]21C(=O)Nc2ccccc21. The Labute approximate surface area is 205 Å². The first kappa shape index (κ1) is 20.8. The van der Waals surface area contributed by atoms with Crippen LogP contribution in [0.3, 0.4) is 0 Å². The Balaban J connectivity index is 1.56. The number of anilines is 1. The summed E-state index contributed by atoms with van der Waals surface area (Å²) in [5, 5.41) is 3.02. The highest BCUT2D eigenvalue weighted by Crippen LogP contribution is 2.65. The number of nitrogens with one attached hydrogen (secondary N) is 1. The van der Waals surface area contributed by atoms with E-state index in [0.717, 1.165) is 11.1 Å². The van der Waals surface area contributed by atoms with E-state index < -0.39 is 23.0 Å². The second-order valence-corrected chi connectivity index (χ2v) is 10.2. The molecule has 4 aliphatic heterocycles. The molecule has 0 bridgehead atoms. The van der Waals surface area contributed by atoms with Crippen molar-refractivity contribution in [2.75, 3.05) is 16.9 Å². The Bertz CT molecular complexity index is 1410. The number of para-hydroxylation sites is 1. The number of halogens is 1. The molecule has 8 heteroatoms. The summed E-state index contributed by atoms with van der Waals surface area (Å²) in [6, 6.07) is 22.7. The fourth-order valence-corrected chi connectivity index (χ4v) is 7.67. The van der Waals surface area contributed by atoms with Gasteiger partial charge in [-0.3, -0.25) is 9.69 Å². The molecule has 174 valence electrons. The Morgan fingerprint density at radius 2 is 1.74 bits per heavy atom. The maximum Gasteiger partial charge on any atom is 0.344 e. The second kappa shape index (κ2) is 7.26. The highest BCUT2D eigenvalue weighted by atomic mass is 32.2. The summed E-state index contributed by atoms with van der Waals surface area (Å²) in [7, 11) is 0. The van der Waals surface area contributed by atoms with Gasteiger partial charge in [-0.05, 0) is 35.9 Å². The van der Waals surface area contributed by atoms with Gasteiger partial charge in [0.1, 0.15) is 5.82 Å². The standard InChI is InChI=1S/C27H20FN3O3S/c28-18-12-10-16(11-13-18)22-21-14-35-15-31(21)27(19-8-4-5-9-20(19)29-24(27)32)26(22)25(33)34-23(30-26)17-6-2-1-3-7-17/h1-13,21-22H,14-15H2,(H,29,32)/t21?,22-,26+,27-/m1/s1. The third-order valence-electron chi connectivity index (χ3n) is 7.66. The topological polar surface area (TPSA) is 71.0 Å². The van der Waals surface area contributed by atoms with Gasteiger partial charge in [-0.15, -0.1) is 11.8 Å². The van der Waals surface area contributed by atoms with E-state index in [1.165, 1.54) is 12.1 Å². The van der Waals surface area contributed by atoms with Gasteiger partial charge in [0.2, 0.25) is 11.4 Å². The van der Waals surface area contributed by atoms with Gasteiger partial charge in [-0.2, -0.15) is 0 Å². The molecule has 0 radical (unpaired) electrons. The van der Waals surface area contributed by atoms with Gasteiger partial charge < -0.3 is 10.1 Å². The Morgan fingerprint density at radius 1 is 1.00 bits per heavy atom. The molecule has 0 aliphatic carbocycles. The van der Waals surface area contributed by atoms with Crippen molar-refractivity contribution in [2.24, 2.45) is 4.99 Å². The van der Waals surface area contributed by atoms with Crippen LogP contribution >= 0.6 is 11.8 Å². The van der Waals surface area contributed by atoms with Crippen LogP contribution in [0.25, 0.3) is 0 Å². The number of esters is 1. The third kappa shape index (κ3) is 2.50. The lowest BCUT2D eigenvalue weighted by Crippen LogP contribution is -2.62. The predicted octanol–water partition coefficient (Wildman–Crippen LogP) is 3.89. The number of carbonyl (C=O) groups is 2. The number of thioether (sulfide) groups is 1. The molecule has 3 aromatic carbocycles. The monoisotopic (exact) mass is 485 g/mol. The zero-order valence-corrected chi connectivity index (χ0v) is 19.3. The van der Waals surface area contributed by atoms with Gasteiger partial charge >= 0.3 is 5.97 Å². The summed E-state index contributed by atoms with van der Waals surface area (Å²) >= 11 is 1.72. The lowest BCUT2D eigenvalue weighted by Gasteiger charge is -2.40. The molecule has 6 nitrogen and oxygen atoms in total. The van der Waals surface area contributed by atoms with Crippen LogP contribution in [-0.2, 0) is 19.9 Å². The maximum atomic E-state index is 14.2. The van der Waals surface area contributed by atoms with E-state index in [9.17, 15) is 14.0 Å². The van der Waals surface area contributed by atoms with Crippen molar-refractivity contribution >= 4 is 35.2 Å². The van der Waals surface area contributed by atoms with E-state index in [2.05, 4.69) is 10.2 Å². The van der Waals surface area contributed by atoms with Crippen LogP contribution in [0.2, 0.25) is 0 Å². The Kier molecular flexibility index (Phi) is 4.32. The summed E-state index contributed by atoms with van der Waals surface area (Å²) in [5.41, 5.74) is -0.143. The zero-order chi connectivity index (χ0) is 23.8. The number of ether oxygens (including phenoxy) is 1. The van der Waals surface area contributed by atoms with Gasteiger partial charge in [0.15, 0.2) is 5.54 Å². The number of amides is 1. The number of rotatable bonds is 2. The first-order valence-corrected chi connectivity index (χ1v) is 12.6. The van der Waals surface area contributed by atoms with Crippen LogP contribution < -0.4 is 5.32 Å². The molecule has 1 amide bonds. The normalized spacial score (nSPS) is 30.9. The molecular formula is C27H20FN3O3S. The minimum absolute atomic E-state index is 0.172. The van der Waals surface area contributed by atoms with E-state index >= 15 is 0 Å². The number of benzene rings is 3. The molecule has 1 N–H and O–H groups in total. The van der Waals surface area contributed by atoms with E-state index in [1.54, 1.807) is 23.9 Å². The minimum Gasteiger partial charge on any atom is -0.405 e. The first-order chi connectivity index (χ1) is 17.1. The molecule has 2 fully saturated rings. The van der Waals surface area contributed by atoms with E-state index in [4.69, 9.17) is 9.73 Å². The molecule has 35 heavy (non-hydrogen) atoms. The molecule has 1 unspecified atom stereocenters. The molecule has 2 spiro atoms. The van der Waals surface area contributed by atoms with E-state index in [-0.39, 0.29) is 23.7 Å². The molecule has 0 aromatic heterocycles. The maximum absolute atomic E-state index is 14.2. The average molecular weight is 486 g/mol. The van der Waals surface area contributed by atoms with Crippen LogP contribution in [0, 0.1) is 5.82 Å². The van der Waals surface area contributed by atoms with Gasteiger partial charge in [-0.25, -0.2) is 14.2 Å². The van der Waals surface area contributed by atoms with Gasteiger partial charge in [0.05, 0.1) is 0 Å². The van der Waals surface area contributed by atoms with E-state index in [1.807, 2.05) is 54.6 Å². The molecule has 3 aromatic rings. The number of cyclic esters (lactones) is 1. The number of nitrogens with zero attached hydrogens (tertiary/aromatic N) is 2. The van der Waals surface area contributed by atoms with Gasteiger partial charge in [0, 0.05) is 40.4 Å². The smallest absolute Gasteiger partial charge is 0.344 e. The summed E-state index contributed by atoms with van der Waals surface area (Å²) < 4.78 is 19.8. The van der Waals surface area contributed by atoms with Crippen molar-refractivity contribution in [1.29, 1.82) is 0 Å².